The Hall–Kier alpha value is -1.33. The van der Waals surface area contributed by atoms with Crippen LogP contribution in [0.5, 0.6) is 0 Å². The van der Waals surface area contributed by atoms with Crippen molar-refractivity contribution in [1.29, 1.82) is 0 Å². The molecule has 0 saturated carbocycles. The average Bonchev–Trinajstić information content (AvgIpc) is 2.61. The molecule has 2 rings (SSSR count). The smallest absolute Gasteiger partial charge is 0.339 e. The third kappa shape index (κ3) is 1.96. The van der Waals surface area contributed by atoms with Gasteiger partial charge in [-0.25, -0.2) is 4.79 Å². The number of anilines is 1. The normalized spacial score (nSPS) is 10.3. The number of thiophene rings is 1. The highest BCUT2D eigenvalue weighted by atomic mass is 79.9. The zero-order valence-electron chi connectivity index (χ0n) is 8.11. The molecule has 2 aromatic rings. The second kappa shape index (κ2) is 4.27. The van der Waals surface area contributed by atoms with E-state index >= 15 is 0 Å². The Kier molecular flexibility index (Phi) is 2.98. The number of carbonyl (C=O) groups is 1. The third-order valence-electron chi connectivity index (χ3n) is 2.14. The summed E-state index contributed by atoms with van der Waals surface area (Å²) in [6.07, 6.45) is 0. The number of carboxylic acid groups (broad SMARTS) is 1. The Balaban J connectivity index is 2.56. The number of nitrogens with two attached hydrogens (primary N) is 1. The predicted octanol–water partition coefficient (Wildman–Crippen LogP) is 3.46. The minimum Gasteiger partial charge on any atom is -0.478 e. The molecule has 0 amide bonds. The Morgan fingerprint density at radius 2 is 1.94 bits per heavy atom. The van der Waals surface area contributed by atoms with E-state index in [1.54, 1.807) is 5.38 Å². The van der Waals surface area contributed by atoms with Crippen molar-refractivity contribution in [3.63, 3.8) is 0 Å². The molecule has 0 unspecified atom stereocenters. The lowest BCUT2D eigenvalue weighted by Gasteiger charge is -2.01. The Morgan fingerprint density at radius 1 is 1.31 bits per heavy atom. The minimum absolute atomic E-state index is 0.187. The number of aromatic carboxylic acids is 1. The van der Waals surface area contributed by atoms with E-state index < -0.39 is 5.97 Å². The van der Waals surface area contributed by atoms with Crippen LogP contribution in [0.4, 0.5) is 5.69 Å². The van der Waals surface area contributed by atoms with Crippen molar-refractivity contribution in [2.75, 3.05) is 5.73 Å². The quantitative estimate of drug-likeness (QED) is 0.892. The number of rotatable bonds is 2. The molecule has 3 N–H and O–H groups in total. The highest BCUT2D eigenvalue weighted by Crippen LogP contribution is 2.34. The molecule has 82 valence electrons. The molecule has 16 heavy (non-hydrogen) atoms. The van der Waals surface area contributed by atoms with Crippen LogP contribution in [0.25, 0.3) is 10.4 Å². The number of hydrogen-bond donors (Lipinski definition) is 2. The summed E-state index contributed by atoms with van der Waals surface area (Å²) in [7, 11) is 0. The van der Waals surface area contributed by atoms with Crippen molar-refractivity contribution in [2.45, 2.75) is 0 Å². The molecule has 1 aromatic heterocycles. The monoisotopic (exact) mass is 297 g/mol. The second-order valence-electron chi connectivity index (χ2n) is 3.21. The van der Waals surface area contributed by atoms with Crippen LogP contribution in [0.15, 0.2) is 34.1 Å². The fourth-order valence-electron chi connectivity index (χ4n) is 1.41. The van der Waals surface area contributed by atoms with Crippen LogP contribution in [0, 0.1) is 0 Å². The first-order valence-corrected chi connectivity index (χ1v) is 6.13. The maximum Gasteiger partial charge on any atom is 0.339 e. The summed E-state index contributed by atoms with van der Waals surface area (Å²) in [5.41, 5.74) is 7.00. The van der Waals surface area contributed by atoms with E-state index in [1.807, 2.05) is 24.3 Å². The fourth-order valence-corrected chi connectivity index (χ4v) is 2.63. The SMILES string of the molecule is Nc1csc(-c2ccc(Br)cc2)c1C(=O)O. The average molecular weight is 298 g/mol. The molecule has 0 aliphatic carbocycles. The number of halogens is 1. The van der Waals surface area contributed by atoms with Crippen molar-refractivity contribution in [2.24, 2.45) is 0 Å². The maximum absolute atomic E-state index is 11.1. The molecule has 0 saturated heterocycles. The van der Waals surface area contributed by atoms with Gasteiger partial charge in [-0.1, -0.05) is 28.1 Å². The van der Waals surface area contributed by atoms with Crippen molar-refractivity contribution < 1.29 is 9.90 Å². The maximum atomic E-state index is 11.1. The molecule has 0 aliphatic rings. The lowest BCUT2D eigenvalue weighted by molar-refractivity contribution is 0.0699. The summed E-state index contributed by atoms with van der Waals surface area (Å²) in [4.78, 5) is 11.8. The van der Waals surface area contributed by atoms with Crippen molar-refractivity contribution in [3.05, 3.63) is 39.7 Å². The summed E-state index contributed by atoms with van der Waals surface area (Å²) in [5, 5.41) is 10.7. The van der Waals surface area contributed by atoms with Crippen molar-refractivity contribution in [1.82, 2.24) is 0 Å². The zero-order chi connectivity index (χ0) is 11.7. The van der Waals surface area contributed by atoms with Gasteiger partial charge < -0.3 is 10.8 Å². The highest BCUT2D eigenvalue weighted by Gasteiger charge is 2.17. The van der Waals surface area contributed by atoms with Crippen LogP contribution >= 0.6 is 27.3 Å². The predicted molar refractivity (Wildman–Crippen MR) is 68.8 cm³/mol. The molecule has 0 bridgehead atoms. The standard InChI is InChI=1S/C11H8BrNO2S/c12-7-3-1-6(2-4-7)10-9(11(14)15)8(13)5-16-10/h1-5H,13H2,(H,14,15). The van der Waals surface area contributed by atoms with E-state index in [4.69, 9.17) is 10.8 Å². The van der Waals surface area contributed by atoms with E-state index in [9.17, 15) is 4.79 Å². The van der Waals surface area contributed by atoms with Crippen LogP contribution in [0.1, 0.15) is 10.4 Å². The van der Waals surface area contributed by atoms with E-state index in [0.29, 0.717) is 10.6 Å². The summed E-state index contributed by atoms with van der Waals surface area (Å²) >= 11 is 4.68. The fraction of sp³-hybridized carbons (Fsp3) is 0. The lowest BCUT2D eigenvalue weighted by atomic mass is 10.1. The molecule has 1 aromatic carbocycles. The van der Waals surface area contributed by atoms with Gasteiger partial charge in [-0.3, -0.25) is 0 Å². The van der Waals surface area contributed by atoms with Gasteiger partial charge >= 0.3 is 5.97 Å². The van der Waals surface area contributed by atoms with Gasteiger partial charge in [0, 0.05) is 9.85 Å². The number of nitrogen functional groups attached to an aromatic ring is 1. The van der Waals surface area contributed by atoms with Crippen molar-refractivity contribution in [3.8, 4) is 10.4 Å². The lowest BCUT2D eigenvalue weighted by Crippen LogP contribution is -2.00. The van der Waals surface area contributed by atoms with Gasteiger partial charge in [-0.2, -0.15) is 0 Å². The molecule has 3 nitrogen and oxygen atoms in total. The van der Waals surface area contributed by atoms with E-state index in [2.05, 4.69) is 15.9 Å². The summed E-state index contributed by atoms with van der Waals surface area (Å²) in [5.74, 6) is -0.989. The first-order valence-electron chi connectivity index (χ1n) is 4.46. The summed E-state index contributed by atoms with van der Waals surface area (Å²) in [6.45, 7) is 0. The second-order valence-corrected chi connectivity index (χ2v) is 5.00. The van der Waals surface area contributed by atoms with Gasteiger partial charge in [0.25, 0.3) is 0 Å². The molecular formula is C11H8BrNO2S. The molecule has 0 fully saturated rings. The van der Waals surface area contributed by atoms with E-state index in [0.717, 1.165) is 10.0 Å². The van der Waals surface area contributed by atoms with Crippen LogP contribution in [-0.4, -0.2) is 11.1 Å². The third-order valence-corrected chi connectivity index (χ3v) is 3.72. The van der Waals surface area contributed by atoms with E-state index in [-0.39, 0.29) is 5.56 Å². The van der Waals surface area contributed by atoms with Crippen LogP contribution in [0.3, 0.4) is 0 Å². The number of benzene rings is 1. The summed E-state index contributed by atoms with van der Waals surface area (Å²) < 4.78 is 0.956. The zero-order valence-corrected chi connectivity index (χ0v) is 10.5. The van der Waals surface area contributed by atoms with Crippen molar-refractivity contribution >= 4 is 38.9 Å². The van der Waals surface area contributed by atoms with Crippen LogP contribution < -0.4 is 5.73 Å². The van der Waals surface area contributed by atoms with Crippen LogP contribution in [0.2, 0.25) is 0 Å². The molecule has 1 heterocycles. The first kappa shape index (κ1) is 11.2. The number of hydrogen-bond acceptors (Lipinski definition) is 3. The first-order chi connectivity index (χ1) is 7.59. The minimum atomic E-state index is -0.989. The molecule has 0 spiro atoms. The van der Waals surface area contributed by atoms with Crippen LogP contribution in [-0.2, 0) is 0 Å². The van der Waals surface area contributed by atoms with Gasteiger partial charge in [-0.05, 0) is 17.7 Å². The Labute approximate surface area is 105 Å². The van der Waals surface area contributed by atoms with Gasteiger partial charge in [0.05, 0.1) is 10.6 Å². The van der Waals surface area contributed by atoms with Gasteiger partial charge in [-0.15, -0.1) is 11.3 Å². The molecule has 0 radical (unpaired) electrons. The largest absolute Gasteiger partial charge is 0.478 e. The van der Waals surface area contributed by atoms with Gasteiger partial charge in [0.2, 0.25) is 0 Å². The van der Waals surface area contributed by atoms with Gasteiger partial charge in [0.1, 0.15) is 5.56 Å². The Bertz CT molecular complexity index is 533. The number of carboxylic acids is 1. The molecule has 0 aliphatic heterocycles. The Morgan fingerprint density at radius 3 is 2.50 bits per heavy atom. The highest BCUT2D eigenvalue weighted by molar-refractivity contribution is 9.10. The van der Waals surface area contributed by atoms with Gasteiger partial charge in [0.15, 0.2) is 0 Å². The topological polar surface area (TPSA) is 63.3 Å². The summed E-state index contributed by atoms with van der Waals surface area (Å²) in [6, 6.07) is 7.47. The molecular weight excluding hydrogens is 290 g/mol. The molecule has 0 atom stereocenters. The van der Waals surface area contributed by atoms with E-state index in [1.165, 1.54) is 11.3 Å². The molecule has 5 heteroatoms.